The Kier molecular flexibility index (Phi) is 4.14. The van der Waals surface area contributed by atoms with Crippen LogP contribution in [-0.2, 0) is 0 Å². The van der Waals surface area contributed by atoms with Gasteiger partial charge in [-0.05, 0) is 19.8 Å². The monoisotopic (exact) mass is 260 g/mol. The zero-order chi connectivity index (χ0) is 13.8. The van der Waals surface area contributed by atoms with E-state index in [9.17, 15) is 4.79 Å². The van der Waals surface area contributed by atoms with Crippen LogP contribution in [0.1, 0.15) is 28.9 Å². The number of rotatable bonds is 4. The maximum atomic E-state index is 12.0. The molecule has 0 bridgehead atoms. The lowest BCUT2D eigenvalue weighted by molar-refractivity contribution is 0.104. The second-order valence-electron chi connectivity index (χ2n) is 5.01. The molecule has 1 aliphatic rings. The minimum atomic E-state index is -0.0563. The van der Waals surface area contributed by atoms with Crippen molar-refractivity contribution in [2.24, 2.45) is 0 Å². The number of ketones is 1. The molecular formula is C14H20N4O. The van der Waals surface area contributed by atoms with E-state index < -0.39 is 0 Å². The molecule has 102 valence electrons. The second kappa shape index (κ2) is 5.82. The maximum absolute atomic E-state index is 12.0. The highest BCUT2D eigenvalue weighted by Crippen LogP contribution is 2.17. The van der Waals surface area contributed by atoms with Gasteiger partial charge in [-0.15, -0.1) is 0 Å². The second-order valence-corrected chi connectivity index (χ2v) is 5.01. The molecule has 1 aromatic heterocycles. The number of aromatic nitrogens is 2. The number of allylic oxidation sites excluding steroid dienone is 1. The lowest BCUT2D eigenvalue weighted by Gasteiger charge is -2.15. The van der Waals surface area contributed by atoms with Gasteiger partial charge in [0.25, 0.3) is 0 Å². The largest absolute Gasteiger partial charge is 0.383 e. The summed E-state index contributed by atoms with van der Waals surface area (Å²) >= 11 is 0. The van der Waals surface area contributed by atoms with E-state index in [1.54, 1.807) is 18.5 Å². The quantitative estimate of drug-likeness (QED) is 0.608. The van der Waals surface area contributed by atoms with E-state index in [-0.39, 0.29) is 5.78 Å². The van der Waals surface area contributed by atoms with Gasteiger partial charge in [0.15, 0.2) is 5.78 Å². The minimum Gasteiger partial charge on any atom is -0.383 e. The molecule has 0 aliphatic carbocycles. The van der Waals surface area contributed by atoms with Gasteiger partial charge in [-0.2, -0.15) is 0 Å². The SMILES string of the molecule is Cc1nc(N2CCCC2)ncc1C(=O)/C=C/N(C)C. The fraction of sp³-hybridized carbons (Fsp3) is 0.500. The molecule has 2 heterocycles. The number of hydrogen-bond acceptors (Lipinski definition) is 5. The molecule has 0 aromatic carbocycles. The third-order valence-electron chi connectivity index (χ3n) is 3.15. The Morgan fingerprint density at radius 3 is 2.63 bits per heavy atom. The van der Waals surface area contributed by atoms with Crippen LogP contribution in [0.4, 0.5) is 5.95 Å². The number of hydrogen-bond donors (Lipinski definition) is 0. The van der Waals surface area contributed by atoms with Gasteiger partial charge in [0.1, 0.15) is 0 Å². The van der Waals surface area contributed by atoms with E-state index in [2.05, 4.69) is 14.9 Å². The Labute approximate surface area is 114 Å². The van der Waals surface area contributed by atoms with Gasteiger partial charge in [0, 0.05) is 45.7 Å². The summed E-state index contributed by atoms with van der Waals surface area (Å²) in [5, 5.41) is 0. The van der Waals surface area contributed by atoms with Crippen LogP contribution in [0, 0.1) is 6.92 Å². The first-order valence-electron chi connectivity index (χ1n) is 6.55. The topological polar surface area (TPSA) is 49.3 Å². The first-order chi connectivity index (χ1) is 9.08. The lowest BCUT2D eigenvalue weighted by Crippen LogP contribution is -2.21. The predicted octanol–water partition coefficient (Wildman–Crippen LogP) is 1.64. The fourth-order valence-electron chi connectivity index (χ4n) is 2.07. The van der Waals surface area contributed by atoms with E-state index in [0.717, 1.165) is 24.7 Å². The Balaban J connectivity index is 2.16. The zero-order valence-electron chi connectivity index (χ0n) is 11.8. The van der Waals surface area contributed by atoms with Crippen LogP contribution >= 0.6 is 0 Å². The van der Waals surface area contributed by atoms with Gasteiger partial charge in [-0.25, -0.2) is 9.97 Å². The highest BCUT2D eigenvalue weighted by atomic mass is 16.1. The average Bonchev–Trinajstić information content (AvgIpc) is 2.89. The zero-order valence-corrected chi connectivity index (χ0v) is 11.8. The maximum Gasteiger partial charge on any atom is 0.225 e. The summed E-state index contributed by atoms with van der Waals surface area (Å²) in [5.41, 5.74) is 1.31. The number of carbonyl (C=O) groups is 1. The molecule has 1 aromatic rings. The van der Waals surface area contributed by atoms with E-state index >= 15 is 0 Å². The molecule has 0 N–H and O–H groups in total. The van der Waals surface area contributed by atoms with Gasteiger partial charge < -0.3 is 9.80 Å². The molecule has 0 amide bonds. The van der Waals surface area contributed by atoms with Crippen molar-refractivity contribution in [2.75, 3.05) is 32.1 Å². The summed E-state index contributed by atoms with van der Waals surface area (Å²) < 4.78 is 0. The predicted molar refractivity (Wildman–Crippen MR) is 75.4 cm³/mol. The van der Waals surface area contributed by atoms with Gasteiger partial charge in [-0.1, -0.05) is 0 Å². The number of nitrogens with zero attached hydrogens (tertiary/aromatic N) is 4. The van der Waals surface area contributed by atoms with Crippen LogP contribution < -0.4 is 4.90 Å². The third kappa shape index (κ3) is 3.30. The minimum absolute atomic E-state index is 0.0563. The highest BCUT2D eigenvalue weighted by molar-refractivity contribution is 6.05. The summed E-state index contributed by atoms with van der Waals surface area (Å²) in [6.07, 6.45) is 7.29. The Bertz CT molecular complexity index is 490. The van der Waals surface area contributed by atoms with Crippen molar-refractivity contribution in [2.45, 2.75) is 19.8 Å². The van der Waals surface area contributed by atoms with Gasteiger partial charge in [0.05, 0.1) is 11.3 Å². The summed E-state index contributed by atoms with van der Waals surface area (Å²) in [6, 6.07) is 0. The molecule has 0 atom stereocenters. The van der Waals surface area contributed by atoms with Crippen molar-refractivity contribution < 1.29 is 4.79 Å². The van der Waals surface area contributed by atoms with Crippen molar-refractivity contribution >= 4 is 11.7 Å². The standard InChI is InChI=1S/C14H20N4O/c1-11-12(13(19)6-9-17(2)3)10-15-14(16-11)18-7-4-5-8-18/h6,9-10H,4-5,7-8H2,1-3H3/b9-6+. The average molecular weight is 260 g/mol. The highest BCUT2D eigenvalue weighted by Gasteiger charge is 2.16. The smallest absolute Gasteiger partial charge is 0.225 e. The molecule has 0 unspecified atom stereocenters. The molecule has 1 saturated heterocycles. The summed E-state index contributed by atoms with van der Waals surface area (Å²) in [4.78, 5) is 24.8. The van der Waals surface area contributed by atoms with Gasteiger partial charge in [-0.3, -0.25) is 4.79 Å². The van der Waals surface area contributed by atoms with Crippen LogP contribution in [0.15, 0.2) is 18.5 Å². The normalized spacial score (nSPS) is 15.2. The number of anilines is 1. The Hall–Kier alpha value is -1.91. The number of carbonyl (C=O) groups excluding carboxylic acids is 1. The fourth-order valence-corrected chi connectivity index (χ4v) is 2.07. The molecule has 2 rings (SSSR count). The van der Waals surface area contributed by atoms with Crippen molar-refractivity contribution in [1.29, 1.82) is 0 Å². The van der Waals surface area contributed by atoms with Gasteiger partial charge >= 0.3 is 0 Å². The molecule has 5 heteroatoms. The van der Waals surface area contributed by atoms with Crippen LogP contribution in [-0.4, -0.2) is 47.8 Å². The van der Waals surface area contributed by atoms with Gasteiger partial charge in [0.2, 0.25) is 5.95 Å². The van der Waals surface area contributed by atoms with Crippen LogP contribution in [0.3, 0.4) is 0 Å². The Morgan fingerprint density at radius 2 is 2.05 bits per heavy atom. The molecule has 5 nitrogen and oxygen atoms in total. The van der Waals surface area contributed by atoms with Crippen LogP contribution in [0.25, 0.3) is 0 Å². The van der Waals surface area contributed by atoms with E-state index in [4.69, 9.17) is 0 Å². The molecule has 1 fully saturated rings. The molecule has 1 aliphatic heterocycles. The third-order valence-corrected chi connectivity index (χ3v) is 3.15. The lowest BCUT2D eigenvalue weighted by atomic mass is 10.1. The van der Waals surface area contributed by atoms with E-state index in [0.29, 0.717) is 5.56 Å². The molecule has 0 spiro atoms. The molecule has 0 saturated carbocycles. The molecule has 0 radical (unpaired) electrons. The molecular weight excluding hydrogens is 240 g/mol. The van der Waals surface area contributed by atoms with E-state index in [1.165, 1.54) is 12.8 Å². The van der Waals surface area contributed by atoms with Crippen molar-refractivity contribution in [3.05, 3.63) is 29.7 Å². The summed E-state index contributed by atoms with van der Waals surface area (Å²) in [7, 11) is 3.76. The Morgan fingerprint density at radius 1 is 1.37 bits per heavy atom. The van der Waals surface area contributed by atoms with Crippen molar-refractivity contribution in [3.8, 4) is 0 Å². The molecule has 19 heavy (non-hydrogen) atoms. The van der Waals surface area contributed by atoms with Crippen molar-refractivity contribution in [1.82, 2.24) is 14.9 Å². The van der Waals surface area contributed by atoms with Crippen LogP contribution in [0.2, 0.25) is 0 Å². The first-order valence-corrected chi connectivity index (χ1v) is 6.55. The van der Waals surface area contributed by atoms with E-state index in [1.807, 2.05) is 25.9 Å². The first kappa shape index (κ1) is 13.5. The number of aryl methyl sites for hydroxylation is 1. The van der Waals surface area contributed by atoms with Crippen molar-refractivity contribution in [3.63, 3.8) is 0 Å². The van der Waals surface area contributed by atoms with Crippen LogP contribution in [0.5, 0.6) is 0 Å². The summed E-state index contributed by atoms with van der Waals surface area (Å²) in [6.45, 7) is 3.87. The summed E-state index contributed by atoms with van der Waals surface area (Å²) in [5.74, 6) is 0.683.